The summed E-state index contributed by atoms with van der Waals surface area (Å²) in [6.45, 7) is 0. The number of nitrogens with zero attached hydrogens (tertiary/aromatic N) is 1. The molecule has 3 nitrogen and oxygen atoms in total. The molecular weight excluding hydrogens is 255 g/mol. The Labute approximate surface area is 107 Å². The van der Waals surface area contributed by atoms with Gasteiger partial charge in [0.1, 0.15) is 11.3 Å². The number of rotatable bonds is 1. The van der Waals surface area contributed by atoms with E-state index in [9.17, 15) is 4.39 Å². The molecule has 0 aliphatic heterocycles. The van der Waals surface area contributed by atoms with Gasteiger partial charge in [-0.2, -0.15) is 0 Å². The second-order valence-corrected chi connectivity index (χ2v) is 4.30. The van der Waals surface area contributed by atoms with E-state index in [0.29, 0.717) is 27.6 Å². The summed E-state index contributed by atoms with van der Waals surface area (Å²) in [5, 5.41) is 0.578. The highest BCUT2D eigenvalue weighted by molar-refractivity contribution is 6.31. The summed E-state index contributed by atoms with van der Waals surface area (Å²) in [7, 11) is 0. The number of hydrogen-bond donors (Lipinski definition) is 1. The molecule has 0 unspecified atom stereocenters. The van der Waals surface area contributed by atoms with Crippen molar-refractivity contribution in [1.29, 1.82) is 0 Å². The Kier molecular flexibility index (Phi) is 2.45. The predicted molar refractivity (Wildman–Crippen MR) is 68.8 cm³/mol. The summed E-state index contributed by atoms with van der Waals surface area (Å²) in [6.07, 6.45) is 0. The number of hydrogen-bond acceptors (Lipinski definition) is 3. The molecular formula is C13H8ClFN2O. The Morgan fingerprint density at radius 3 is 2.78 bits per heavy atom. The molecule has 18 heavy (non-hydrogen) atoms. The second kappa shape index (κ2) is 3.99. The van der Waals surface area contributed by atoms with Crippen LogP contribution in [-0.4, -0.2) is 4.98 Å². The van der Waals surface area contributed by atoms with Gasteiger partial charge in [-0.15, -0.1) is 0 Å². The molecule has 2 aromatic carbocycles. The lowest BCUT2D eigenvalue weighted by Gasteiger charge is -2.00. The molecule has 1 heterocycles. The van der Waals surface area contributed by atoms with Gasteiger partial charge in [-0.05, 0) is 36.4 Å². The van der Waals surface area contributed by atoms with Crippen LogP contribution in [0.1, 0.15) is 0 Å². The molecule has 3 aromatic rings. The first-order valence-corrected chi connectivity index (χ1v) is 5.63. The first-order valence-electron chi connectivity index (χ1n) is 5.25. The molecule has 0 radical (unpaired) electrons. The molecule has 0 aliphatic rings. The van der Waals surface area contributed by atoms with Gasteiger partial charge in [-0.1, -0.05) is 11.6 Å². The Hall–Kier alpha value is -2.07. The molecule has 0 aliphatic carbocycles. The Morgan fingerprint density at radius 1 is 1.17 bits per heavy atom. The average molecular weight is 263 g/mol. The lowest BCUT2D eigenvalue weighted by molar-refractivity contribution is 0.617. The average Bonchev–Trinajstić information content (AvgIpc) is 2.71. The normalized spacial score (nSPS) is 11.0. The van der Waals surface area contributed by atoms with Gasteiger partial charge < -0.3 is 10.2 Å². The standard InChI is InChI=1S/C13H8ClFN2O/c14-7-1-4-12-11(5-7)17-13(18-12)9-3-2-8(15)6-10(9)16/h1-6H,16H2. The van der Waals surface area contributed by atoms with E-state index in [0.717, 1.165) is 0 Å². The van der Waals surface area contributed by atoms with Crippen LogP contribution >= 0.6 is 11.6 Å². The summed E-state index contributed by atoms with van der Waals surface area (Å²) in [4.78, 5) is 4.28. The number of halogens is 2. The molecule has 0 bridgehead atoms. The minimum atomic E-state index is -0.393. The highest BCUT2D eigenvalue weighted by Gasteiger charge is 2.11. The number of aromatic nitrogens is 1. The van der Waals surface area contributed by atoms with E-state index in [1.165, 1.54) is 18.2 Å². The lowest BCUT2D eigenvalue weighted by atomic mass is 10.2. The molecule has 0 saturated heterocycles. The van der Waals surface area contributed by atoms with Gasteiger partial charge in [-0.3, -0.25) is 0 Å². The van der Waals surface area contributed by atoms with Crippen molar-refractivity contribution in [2.75, 3.05) is 5.73 Å². The molecule has 0 atom stereocenters. The number of nitrogen functional groups attached to an aromatic ring is 1. The summed E-state index contributed by atoms with van der Waals surface area (Å²) in [5.41, 5.74) is 7.83. The molecule has 0 amide bonds. The number of oxazole rings is 1. The fourth-order valence-corrected chi connectivity index (χ4v) is 1.91. The highest BCUT2D eigenvalue weighted by Crippen LogP contribution is 2.29. The van der Waals surface area contributed by atoms with Gasteiger partial charge in [0.05, 0.1) is 5.56 Å². The zero-order valence-corrected chi connectivity index (χ0v) is 9.91. The highest BCUT2D eigenvalue weighted by atomic mass is 35.5. The van der Waals surface area contributed by atoms with Gasteiger partial charge in [0.15, 0.2) is 5.58 Å². The summed E-state index contributed by atoms with van der Waals surface area (Å²) >= 11 is 5.87. The Morgan fingerprint density at radius 2 is 2.00 bits per heavy atom. The number of anilines is 1. The fourth-order valence-electron chi connectivity index (χ4n) is 1.74. The SMILES string of the molecule is Nc1cc(F)ccc1-c1nc2cc(Cl)ccc2o1. The van der Waals surface area contributed by atoms with Gasteiger partial charge in [0, 0.05) is 10.7 Å². The van der Waals surface area contributed by atoms with E-state index in [1.54, 1.807) is 18.2 Å². The van der Waals surface area contributed by atoms with Gasteiger partial charge >= 0.3 is 0 Å². The van der Waals surface area contributed by atoms with E-state index in [4.69, 9.17) is 21.8 Å². The van der Waals surface area contributed by atoms with E-state index in [-0.39, 0.29) is 5.69 Å². The predicted octanol–water partition coefficient (Wildman–Crippen LogP) is 3.87. The maximum absolute atomic E-state index is 13.0. The maximum atomic E-state index is 13.0. The third-order valence-corrected chi connectivity index (χ3v) is 2.83. The number of fused-ring (bicyclic) bond motifs is 1. The van der Waals surface area contributed by atoms with Crippen LogP contribution in [0.15, 0.2) is 40.8 Å². The lowest BCUT2D eigenvalue weighted by Crippen LogP contribution is -1.91. The largest absolute Gasteiger partial charge is 0.436 e. The van der Waals surface area contributed by atoms with Gasteiger partial charge in [-0.25, -0.2) is 9.37 Å². The van der Waals surface area contributed by atoms with Gasteiger partial charge in [0.25, 0.3) is 0 Å². The third kappa shape index (κ3) is 1.80. The summed E-state index contributed by atoms with van der Waals surface area (Å²) in [6, 6.07) is 9.23. The van der Waals surface area contributed by atoms with Crippen LogP contribution in [0.3, 0.4) is 0 Å². The molecule has 0 fully saturated rings. The Bertz CT molecular complexity index is 739. The first-order chi connectivity index (χ1) is 8.63. The van der Waals surface area contributed by atoms with Gasteiger partial charge in [0.2, 0.25) is 5.89 Å². The molecule has 2 N–H and O–H groups in total. The molecule has 3 rings (SSSR count). The topological polar surface area (TPSA) is 52.0 Å². The quantitative estimate of drug-likeness (QED) is 0.677. The smallest absolute Gasteiger partial charge is 0.229 e. The number of benzene rings is 2. The van der Waals surface area contributed by atoms with Crippen LogP contribution in [0.5, 0.6) is 0 Å². The van der Waals surface area contributed by atoms with E-state index >= 15 is 0 Å². The summed E-state index contributed by atoms with van der Waals surface area (Å²) in [5.74, 6) is -0.0415. The van der Waals surface area contributed by atoms with Crippen LogP contribution in [-0.2, 0) is 0 Å². The van der Waals surface area contributed by atoms with Crippen molar-refractivity contribution in [3.8, 4) is 11.5 Å². The van der Waals surface area contributed by atoms with Crippen molar-refractivity contribution in [3.05, 3.63) is 47.2 Å². The van der Waals surface area contributed by atoms with Crippen molar-refractivity contribution < 1.29 is 8.81 Å². The second-order valence-electron chi connectivity index (χ2n) is 3.86. The van der Waals surface area contributed by atoms with E-state index < -0.39 is 5.82 Å². The van der Waals surface area contributed by atoms with Crippen molar-refractivity contribution in [2.24, 2.45) is 0 Å². The van der Waals surface area contributed by atoms with Crippen LogP contribution in [0.25, 0.3) is 22.6 Å². The zero-order chi connectivity index (χ0) is 12.7. The minimum Gasteiger partial charge on any atom is -0.436 e. The zero-order valence-electron chi connectivity index (χ0n) is 9.15. The first kappa shape index (κ1) is 11.0. The third-order valence-electron chi connectivity index (χ3n) is 2.59. The van der Waals surface area contributed by atoms with E-state index in [1.807, 2.05) is 0 Å². The van der Waals surface area contributed by atoms with Crippen molar-refractivity contribution in [3.63, 3.8) is 0 Å². The van der Waals surface area contributed by atoms with Crippen molar-refractivity contribution >= 4 is 28.4 Å². The monoisotopic (exact) mass is 262 g/mol. The number of nitrogens with two attached hydrogens (primary N) is 1. The van der Waals surface area contributed by atoms with Crippen LogP contribution in [0.4, 0.5) is 10.1 Å². The molecule has 0 saturated carbocycles. The molecule has 90 valence electrons. The molecule has 1 aromatic heterocycles. The fraction of sp³-hybridized carbons (Fsp3) is 0. The maximum Gasteiger partial charge on any atom is 0.229 e. The van der Waals surface area contributed by atoms with E-state index in [2.05, 4.69) is 4.98 Å². The molecule has 5 heteroatoms. The summed E-state index contributed by atoms with van der Waals surface area (Å²) < 4.78 is 18.5. The van der Waals surface area contributed by atoms with Crippen LogP contribution < -0.4 is 5.73 Å². The molecule has 0 spiro atoms. The van der Waals surface area contributed by atoms with Crippen LogP contribution in [0.2, 0.25) is 5.02 Å². The van der Waals surface area contributed by atoms with Crippen LogP contribution in [0, 0.1) is 5.82 Å². The Balaban J connectivity index is 2.19. The van der Waals surface area contributed by atoms with Crippen molar-refractivity contribution in [1.82, 2.24) is 4.98 Å². The minimum absolute atomic E-state index is 0.285. The van der Waals surface area contributed by atoms with Crippen molar-refractivity contribution in [2.45, 2.75) is 0 Å².